The Bertz CT molecular complexity index is 699. The highest BCUT2D eigenvalue weighted by Gasteiger charge is 2.23. The van der Waals surface area contributed by atoms with E-state index in [1.165, 1.54) is 11.1 Å². The summed E-state index contributed by atoms with van der Waals surface area (Å²) in [5.74, 6) is 2.02. The molecule has 0 spiro atoms. The van der Waals surface area contributed by atoms with Crippen LogP contribution in [0.1, 0.15) is 11.1 Å². The van der Waals surface area contributed by atoms with Crippen molar-refractivity contribution in [2.24, 2.45) is 0 Å². The molecule has 1 atom stereocenters. The van der Waals surface area contributed by atoms with Gasteiger partial charge in [-0.3, -0.25) is 0 Å². The number of anilines is 2. The van der Waals surface area contributed by atoms with Gasteiger partial charge in [0.2, 0.25) is 0 Å². The van der Waals surface area contributed by atoms with Crippen molar-refractivity contribution in [3.8, 4) is 11.5 Å². The van der Waals surface area contributed by atoms with Crippen molar-refractivity contribution in [1.82, 2.24) is 0 Å². The third-order valence-corrected chi connectivity index (χ3v) is 4.32. The third-order valence-electron chi connectivity index (χ3n) is 4.32. The Labute approximate surface area is 130 Å². The third kappa shape index (κ3) is 2.45. The van der Waals surface area contributed by atoms with Crippen LogP contribution in [0.5, 0.6) is 11.5 Å². The van der Waals surface area contributed by atoms with Crippen LogP contribution in [0, 0.1) is 0 Å². The molecule has 114 valence electrons. The van der Waals surface area contributed by atoms with E-state index in [1.807, 2.05) is 19.2 Å². The number of fused-ring (bicyclic) bond motifs is 2. The van der Waals surface area contributed by atoms with Crippen molar-refractivity contribution in [3.63, 3.8) is 0 Å². The van der Waals surface area contributed by atoms with Gasteiger partial charge in [-0.15, -0.1) is 0 Å². The van der Waals surface area contributed by atoms with E-state index in [9.17, 15) is 0 Å². The first kappa shape index (κ1) is 13.3. The van der Waals surface area contributed by atoms with E-state index in [4.69, 9.17) is 9.47 Å². The monoisotopic (exact) mass is 296 g/mol. The maximum atomic E-state index is 6.00. The average Bonchev–Trinajstić information content (AvgIpc) is 3.17. The van der Waals surface area contributed by atoms with Gasteiger partial charge in [0.15, 0.2) is 0 Å². The molecule has 0 radical (unpaired) electrons. The van der Waals surface area contributed by atoms with Crippen molar-refractivity contribution >= 4 is 11.4 Å². The van der Waals surface area contributed by atoms with Crippen LogP contribution in [0.2, 0.25) is 0 Å². The molecule has 2 aliphatic rings. The highest BCUT2D eigenvalue weighted by molar-refractivity contribution is 5.54. The highest BCUT2D eigenvalue weighted by atomic mass is 16.5. The second kappa shape index (κ2) is 5.44. The summed E-state index contributed by atoms with van der Waals surface area (Å²) < 4.78 is 11.6. The van der Waals surface area contributed by atoms with Gasteiger partial charge in [0.05, 0.1) is 13.2 Å². The van der Waals surface area contributed by atoms with Crippen LogP contribution in [0.15, 0.2) is 36.4 Å². The zero-order valence-electron chi connectivity index (χ0n) is 12.7. The van der Waals surface area contributed by atoms with Crippen molar-refractivity contribution in [3.05, 3.63) is 47.5 Å². The van der Waals surface area contributed by atoms with Gasteiger partial charge in [-0.25, -0.2) is 0 Å². The molecule has 0 bridgehead atoms. The lowest BCUT2D eigenvalue weighted by atomic mass is 10.1. The van der Waals surface area contributed by atoms with Crippen LogP contribution in [0.4, 0.5) is 11.4 Å². The lowest BCUT2D eigenvalue weighted by Gasteiger charge is -2.13. The predicted octanol–water partition coefficient (Wildman–Crippen LogP) is 3.08. The maximum absolute atomic E-state index is 6.00. The first-order valence-electron chi connectivity index (χ1n) is 7.79. The fourth-order valence-corrected chi connectivity index (χ4v) is 3.10. The summed E-state index contributed by atoms with van der Waals surface area (Å²) in [6.07, 6.45) is 2.14. The van der Waals surface area contributed by atoms with Gasteiger partial charge in [-0.05, 0) is 35.4 Å². The molecule has 0 fully saturated rings. The van der Waals surface area contributed by atoms with Gasteiger partial charge < -0.3 is 20.1 Å². The van der Waals surface area contributed by atoms with Crippen molar-refractivity contribution < 1.29 is 9.47 Å². The average molecular weight is 296 g/mol. The van der Waals surface area contributed by atoms with Gasteiger partial charge in [0, 0.05) is 37.3 Å². The largest absolute Gasteiger partial charge is 0.493 e. The normalized spacial score (nSPS) is 18.1. The highest BCUT2D eigenvalue weighted by Crippen LogP contribution is 2.32. The predicted molar refractivity (Wildman–Crippen MR) is 88.2 cm³/mol. The molecule has 0 saturated carbocycles. The first-order chi connectivity index (χ1) is 10.8. The summed E-state index contributed by atoms with van der Waals surface area (Å²) in [6.45, 7) is 1.59. The van der Waals surface area contributed by atoms with E-state index in [1.54, 1.807) is 0 Å². The fourth-order valence-electron chi connectivity index (χ4n) is 3.10. The molecule has 2 N–H and O–H groups in total. The standard InChI is InChI=1S/C18H20N2O2/c1-19-14-4-5-17-13(8-14)9-16(22-17)11-20-15-3-2-12-6-7-21-18(12)10-15/h2-5,8,10,16,19-20H,6-7,9,11H2,1H3. The molecule has 22 heavy (non-hydrogen) atoms. The number of nitrogens with one attached hydrogen (secondary N) is 2. The Morgan fingerprint density at radius 1 is 1.05 bits per heavy atom. The summed E-state index contributed by atoms with van der Waals surface area (Å²) in [5.41, 5.74) is 4.80. The SMILES string of the molecule is CNc1ccc2c(c1)CC(CNc1ccc3c(c1)OCC3)O2. The zero-order chi connectivity index (χ0) is 14.9. The molecule has 2 aliphatic heterocycles. The van der Waals surface area contributed by atoms with Gasteiger partial charge in [0.25, 0.3) is 0 Å². The lowest BCUT2D eigenvalue weighted by Crippen LogP contribution is -2.23. The zero-order valence-corrected chi connectivity index (χ0v) is 12.7. The molecule has 0 aliphatic carbocycles. The number of hydrogen-bond acceptors (Lipinski definition) is 4. The minimum absolute atomic E-state index is 0.177. The van der Waals surface area contributed by atoms with Gasteiger partial charge in [-0.2, -0.15) is 0 Å². The smallest absolute Gasteiger partial charge is 0.124 e. The summed E-state index contributed by atoms with van der Waals surface area (Å²) >= 11 is 0. The molecule has 0 amide bonds. The maximum Gasteiger partial charge on any atom is 0.124 e. The summed E-state index contributed by atoms with van der Waals surface area (Å²) in [6, 6.07) is 12.6. The minimum atomic E-state index is 0.177. The van der Waals surface area contributed by atoms with Crippen LogP contribution in [0.25, 0.3) is 0 Å². The van der Waals surface area contributed by atoms with E-state index < -0.39 is 0 Å². The lowest BCUT2D eigenvalue weighted by molar-refractivity contribution is 0.246. The van der Waals surface area contributed by atoms with Crippen LogP contribution >= 0.6 is 0 Å². The molecule has 2 aromatic rings. The van der Waals surface area contributed by atoms with Crippen molar-refractivity contribution in [2.45, 2.75) is 18.9 Å². The molecule has 4 heteroatoms. The molecule has 2 aromatic carbocycles. The van der Waals surface area contributed by atoms with Gasteiger partial charge in [-0.1, -0.05) is 6.07 Å². The summed E-state index contributed by atoms with van der Waals surface area (Å²) in [4.78, 5) is 0. The van der Waals surface area contributed by atoms with Crippen LogP contribution in [-0.4, -0.2) is 26.3 Å². The first-order valence-corrected chi connectivity index (χ1v) is 7.79. The number of benzene rings is 2. The second-order valence-electron chi connectivity index (χ2n) is 5.82. The van der Waals surface area contributed by atoms with Gasteiger partial charge in [0.1, 0.15) is 17.6 Å². The van der Waals surface area contributed by atoms with Crippen molar-refractivity contribution in [2.75, 3.05) is 30.8 Å². The Hall–Kier alpha value is -2.36. The Kier molecular flexibility index (Phi) is 3.29. The second-order valence-corrected chi connectivity index (χ2v) is 5.82. The quantitative estimate of drug-likeness (QED) is 0.910. The van der Waals surface area contributed by atoms with Gasteiger partial charge >= 0.3 is 0 Å². The molecule has 0 saturated heterocycles. The minimum Gasteiger partial charge on any atom is -0.493 e. The van der Waals surface area contributed by atoms with E-state index in [0.29, 0.717) is 0 Å². The molecule has 0 aromatic heterocycles. The van der Waals surface area contributed by atoms with E-state index >= 15 is 0 Å². The fraction of sp³-hybridized carbons (Fsp3) is 0.333. The molecule has 1 unspecified atom stereocenters. The molecule has 2 heterocycles. The number of ether oxygens (including phenoxy) is 2. The molecule has 4 nitrogen and oxygen atoms in total. The van der Waals surface area contributed by atoms with E-state index in [0.717, 1.165) is 48.9 Å². The van der Waals surface area contributed by atoms with E-state index in [-0.39, 0.29) is 6.10 Å². The molecular formula is C18H20N2O2. The molecule has 4 rings (SSSR count). The van der Waals surface area contributed by atoms with Crippen molar-refractivity contribution in [1.29, 1.82) is 0 Å². The van der Waals surface area contributed by atoms with E-state index in [2.05, 4.69) is 34.9 Å². The Balaban J connectivity index is 1.39. The van der Waals surface area contributed by atoms with Crippen LogP contribution in [-0.2, 0) is 12.8 Å². The summed E-state index contributed by atoms with van der Waals surface area (Å²) in [5, 5.41) is 6.63. The van der Waals surface area contributed by atoms with Crippen LogP contribution < -0.4 is 20.1 Å². The van der Waals surface area contributed by atoms with Crippen LogP contribution in [0.3, 0.4) is 0 Å². The molecular weight excluding hydrogens is 276 g/mol. The topological polar surface area (TPSA) is 42.5 Å². The Morgan fingerprint density at radius 2 is 1.95 bits per heavy atom. The number of hydrogen-bond donors (Lipinski definition) is 2. The Morgan fingerprint density at radius 3 is 2.86 bits per heavy atom. The summed E-state index contributed by atoms with van der Waals surface area (Å²) in [7, 11) is 1.94. The number of rotatable bonds is 4.